The zero-order chi connectivity index (χ0) is 54.9. The molecule has 408 valence electrons. The average Bonchev–Trinajstić information content (AvgIpc) is 3.98. The molecule has 3 aliphatic heterocycles. The summed E-state index contributed by atoms with van der Waals surface area (Å²) < 4.78 is 58.4. The van der Waals surface area contributed by atoms with Crippen molar-refractivity contribution in [1.82, 2.24) is 35.7 Å². The number of nitrogens with zero attached hydrogens (tertiary/aromatic N) is 6. The van der Waals surface area contributed by atoms with Gasteiger partial charge in [-0.15, -0.1) is 11.3 Å². The van der Waals surface area contributed by atoms with E-state index in [2.05, 4.69) is 35.7 Å². The third kappa shape index (κ3) is 12.2. The number of carbonyl (C=O) groups excluding carboxylic acids is 4. The van der Waals surface area contributed by atoms with E-state index in [1.807, 2.05) is 85.2 Å². The molecule has 2 aromatic heterocycles. The van der Waals surface area contributed by atoms with E-state index in [9.17, 15) is 42.7 Å². The summed E-state index contributed by atoms with van der Waals surface area (Å²) in [6.45, 7) is 19.2. The van der Waals surface area contributed by atoms with E-state index in [-0.39, 0.29) is 61.7 Å². The number of aliphatic hydroxyl groups excluding tert-OH is 1. The first-order valence-electron chi connectivity index (χ1n) is 25.6. The highest BCUT2D eigenvalue weighted by Crippen LogP contribution is 2.56. The van der Waals surface area contributed by atoms with Gasteiger partial charge in [0.2, 0.25) is 17.7 Å². The number of thiazole rings is 1. The molecular weight excluding hydrogens is 1000 g/mol. The minimum atomic E-state index is -4.72. The number of halogens is 3. The van der Waals surface area contributed by atoms with Crippen LogP contribution in [0, 0.1) is 40.4 Å². The molecule has 0 spiro atoms. The minimum Gasteiger partial charge on any atom is -0.489 e. The minimum absolute atomic E-state index is 0.0103. The second-order valence-electron chi connectivity index (χ2n) is 22.6. The van der Waals surface area contributed by atoms with Crippen LogP contribution in [0.15, 0.2) is 66.3 Å². The first kappa shape index (κ1) is 56.0. The number of carbonyl (C=O) groups is 4. The Balaban J connectivity index is 0.776. The van der Waals surface area contributed by atoms with Crippen LogP contribution in [0.2, 0.25) is 0 Å². The predicted octanol–water partition coefficient (Wildman–Crippen LogP) is 6.15. The van der Waals surface area contributed by atoms with Crippen LogP contribution in [0.1, 0.15) is 93.7 Å². The molecule has 1 saturated carbocycles. The van der Waals surface area contributed by atoms with E-state index in [1.54, 1.807) is 29.5 Å². The number of likely N-dealkylation sites (tertiary alicyclic amines) is 1. The van der Waals surface area contributed by atoms with Crippen molar-refractivity contribution in [2.24, 2.45) is 22.2 Å². The normalized spacial score (nSPS) is 22.4. The maximum Gasteiger partial charge on any atom is 0.417 e. The second-order valence-corrected chi connectivity index (χ2v) is 23.4. The standard InChI is InChI=1S/C55H68F3N9O8S/c1-32-45(76-31-61-32)34-11-9-33(10-12-34)44(37-28-74-29-37)63-48(71)41-23-38(68)27-67(41)49(72)46(52(2,3)4)62-43(69)30-73-22-21-65-17-19-66(20-18-65)42-16-14-36(26-60-42)47(70)64-50-53(5,6)51(54(50,7)8)75-39-15-13-35(25-59)40(24-39)55(56,57)58/h9-16,24,26,31,37-38,41,44,46,50-51,68H,17-23,27-30H2,1-8H3,(H,62,69)(H,63,71)(H,64,70)/t38-,41+,44-,46-,50?,51?/m1/s1. The first-order valence-corrected chi connectivity index (χ1v) is 26.5. The molecule has 8 rings (SSSR count). The Morgan fingerprint density at radius 1 is 0.961 bits per heavy atom. The van der Waals surface area contributed by atoms with Crippen molar-refractivity contribution in [2.75, 3.05) is 70.6 Å². The zero-order valence-electron chi connectivity index (χ0n) is 44.2. The Morgan fingerprint density at radius 3 is 2.24 bits per heavy atom. The number of rotatable bonds is 17. The number of nitriles is 1. The Hall–Kier alpha value is -6.18. The van der Waals surface area contributed by atoms with Crippen LogP contribution in [0.25, 0.3) is 10.4 Å². The van der Waals surface area contributed by atoms with Crippen LogP contribution in [0.3, 0.4) is 0 Å². The third-order valence-electron chi connectivity index (χ3n) is 15.3. The van der Waals surface area contributed by atoms with Gasteiger partial charge in [0, 0.05) is 74.7 Å². The van der Waals surface area contributed by atoms with Gasteiger partial charge in [-0.1, -0.05) is 72.7 Å². The highest BCUT2D eigenvalue weighted by Gasteiger charge is 2.64. The van der Waals surface area contributed by atoms with Crippen molar-refractivity contribution >= 4 is 40.8 Å². The van der Waals surface area contributed by atoms with Gasteiger partial charge in [0.05, 0.1) is 70.8 Å². The van der Waals surface area contributed by atoms with E-state index < -0.39 is 69.7 Å². The molecule has 4 aliphatic rings. The van der Waals surface area contributed by atoms with Gasteiger partial charge in [0.25, 0.3) is 5.91 Å². The smallest absolute Gasteiger partial charge is 0.417 e. The number of ether oxygens (including phenoxy) is 3. The zero-order valence-corrected chi connectivity index (χ0v) is 45.0. The molecule has 4 N–H and O–H groups in total. The molecule has 17 nitrogen and oxygen atoms in total. The van der Waals surface area contributed by atoms with Crippen LogP contribution in [0.4, 0.5) is 19.0 Å². The van der Waals surface area contributed by atoms with Crippen molar-refractivity contribution in [3.05, 3.63) is 94.3 Å². The third-order valence-corrected chi connectivity index (χ3v) is 16.2. The predicted molar refractivity (Wildman–Crippen MR) is 278 cm³/mol. The van der Waals surface area contributed by atoms with Crippen LogP contribution in [-0.4, -0.2) is 145 Å². The molecule has 76 heavy (non-hydrogen) atoms. The van der Waals surface area contributed by atoms with Crippen molar-refractivity contribution in [3.63, 3.8) is 0 Å². The van der Waals surface area contributed by atoms with E-state index in [4.69, 9.17) is 14.2 Å². The molecule has 4 amide bonds. The SMILES string of the molecule is Cc1ncsc1-c1ccc([C@@H](NC(=O)[C@@H]2C[C@@H](O)CN2C(=O)[C@@H](NC(=O)COCCN2CCN(c3ccc(C(=O)NC4C(C)(C)C(Oc5ccc(C#N)c(C(F)(F)F)c5)C4(C)C)cn3)CC2)C(C)(C)C)C2COC2)cc1. The highest BCUT2D eigenvalue weighted by molar-refractivity contribution is 7.13. The van der Waals surface area contributed by atoms with Crippen molar-refractivity contribution < 1.29 is 51.7 Å². The lowest BCUT2D eigenvalue weighted by Crippen LogP contribution is -2.74. The van der Waals surface area contributed by atoms with Gasteiger partial charge in [-0.25, -0.2) is 9.97 Å². The van der Waals surface area contributed by atoms with Crippen molar-refractivity contribution in [1.29, 1.82) is 5.26 Å². The summed E-state index contributed by atoms with van der Waals surface area (Å²) in [5.41, 5.74) is 1.43. The molecule has 0 unspecified atom stereocenters. The maximum atomic E-state index is 14.3. The van der Waals surface area contributed by atoms with Gasteiger partial charge in [-0.05, 0) is 53.8 Å². The summed E-state index contributed by atoms with van der Waals surface area (Å²) in [5.74, 6) is -0.936. The fraction of sp³-hybridized carbons (Fsp3) is 0.545. The Morgan fingerprint density at radius 2 is 1.66 bits per heavy atom. The highest BCUT2D eigenvalue weighted by atomic mass is 32.1. The number of nitrogens with one attached hydrogen (secondary N) is 3. The average molecular weight is 1070 g/mol. The van der Waals surface area contributed by atoms with Gasteiger partial charge in [-0.3, -0.25) is 24.1 Å². The molecule has 0 radical (unpaired) electrons. The van der Waals surface area contributed by atoms with E-state index in [0.29, 0.717) is 57.3 Å². The van der Waals surface area contributed by atoms with Crippen LogP contribution in [0.5, 0.6) is 5.75 Å². The van der Waals surface area contributed by atoms with Crippen molar-refractivity contribution in [2.45, 2.75) is 104 Å². The largest absolute Gasteiger partial charge is 0.489 e. The summed E-state index contributed by atoms with van der Waals surface area (Å²) in [6.07, 6.45) is -4.61. The second kappa shape index (κ2) is 22.4. The van der Waals surface area contributed by atoms with E-state index >= 15 is 0 Å². The number of alkyl halides is 3. The number of benzene rings is 2. The number of piperazine rings is 1. The summed E-state index contributed by atoms with van der Waals surface area (Å²) in [4.78, 5) is 71.0. The number of pyridine rings is 1. The summed E-state index contributed by atoms with van der Waals surface area (Å²) in [6, 6.07) is 13.7. The number of anilines is 1. The molecule has 4 aromatic rings. The number of β-amino-alcohol motifs (C(OH)–C–C–N with tert-alkyl or cyclic N) is 1. The van der Waals surface area contributed by atoms with Crippen LogP contribution in [-0.2, 0) is 30.0 Å². The number of aliphatic hydroxyl groups is 1. The fourth-order valence-electron chi connectivity index (χ4n) is 11.3. The van der Waals surface area contributed by atoms with Crippen LogP contribution >= 0.6 is 11.3 Å². The maximum absolute atomic E-state index is 14.3. The number of hydrogen-bond donors (Lipinski definition) is 4. The Kier molecular flexibility index (Phi) is 16.5. The van der Waals surface area contributed by atoms with Gasteiger partial charge in [0.1, 0.15) is 36.4 Å². The quantitative estimate of drug-likeness (QED) is 0.0876. The van der Waals surface area contributed by atoms with Gasteiger partial charge < -0.3 is 45.1 Å². The number of hydrogen-bond acceptors (Lipinski definition) is 14. The molecule has 21 heteroatoms. The van der Waals surface area contributed by atoms with E-state index in [0.717, 1.165) is 33.8 Å². The number of aromatic nitrogens is 2. The monoisotopic (exact) mass is 1070 g/mol. The summed E-state index contributed by atoms with van der Waals surface area (Å²) in [7, 11) is 0. The van der Waals surface area contributed by atoms with Crippen molar-refractivity contribution in [3.8, 4) is 22.3 Å². The number of aryl methyl sites for hydroxylation is 1. The molecular formula is C55H68F3N9O8S. The first-order chi connectivity index (χ1) is 35.9. The molecule has 5 heterocycles. The molecule has 1 aliphatic carbocycles. The lowest BCUT2D eigenvalue weighted by atomic mass is 9.49. The van der Waals surface area contributed by atoms with Crippen LogP contribution < -0.4 is 25.6 Å². The van der Waals surface area contributed by atoms with Gasteiger partial charge in [-0.2, -0.15) is 18.4 Å². The number of amides is 4. The molecule has 2 aromatic carbocycles. The summed E-state index contributed by atoms with van der Waals surface area (Å²) >= 11 is 1.56. The lowest BCUT2D eigenvalue weighted by molar-refractivity contribution is -0.164. The molecule has 4 fully saturated rings. The molecule has 4 atom stereocenters. The fourth-order valence-corrected chi connectivity index (χ4v) is 12.1. The summed E-state index contributed by atoms with van der Waals surface area (Å²) in [5, 5.41) is 29.1. The lowest BCUT2D eigenvalue weighted by Gasteiger charge is -2.63. The molecule has 0 bridgehead atoms. The molecule has 3 saturated heterocycles. The van der Waals surface area contributed by atoms with E-state index in [1.165, 1.54) is 17.2 Å². The van der Waals surface area contributed by atoms with Gasteiger partial charge >= 0.3 is 6.18 Å². The topological polar surface area (TPSA) is 212 Å². The Bertz CT molecular complexity index is 2770. The van der Waals surface area contributed by atoms with Gasteiger partial charge in [0.15, 0.2) is 0 Å². The Labute approximate surface area is 445 Å².